The number of amides is 3. The molecule has 7 N–H and O–H groups in total. The number of methoxy groups -OCH3 is 1. The monoisotopic (exact) mass is 507 g/mol. The predicted molar refractivity (Wildman–Crippen MR) is 115 cm³/mol. The number of carbonyl (C=O) groups excluding carboxylic acids is 3. The van der Waals surface area contributed by atoms with Crippen LogP contribution in [0, 0.1) is 0 Å². The highest BCUT2D eigenvalue weighted by Gasteiger charge is 2.47. The third kappa shape index (κ3) is 9.03. The highest BCUT2D eigenvalue weighted by molar-refractivity contribution is 5.91. The molecule has 0 aromatic rings. The zero-order chi connectivity index (χ0) is 26.9. The van der Waals surface area contributed by atoms with Gasteiger partial charge in [0.25, 0.3) is 0 Å². The quantitative estimate of drug-likeness (QED) is 0.132. The standard InChI is InChI=1S/C20H33N3O12/c1-8(17(29)23-11(19(31)32)5-6-13(26)27)21-18(30)9(2)34-16-14(22-10(3)25)20(33-4)35-12(7-24)15(16)28/h8-9,11-12,14-16,20,24,28H,5-7H2,1-4H3,(H,21,30)(H,22,25)(H,23,29)(H,26,27)(H,31,32)/t8-,9+,11+,12+,14+,15+,16+,20+/m0/s1. The van der Waals surface area contributed by atoms with Crippen molar-refractivity contribution in [3.8, 4) is 0 Å². The van der Waals surface area contributed by atoms with Gasteiger partial charge in [-0.05, 0) is 20.3 Å². The topological polar surface area (TPSA) is 230 Å². The van der Waals surface area contributed by atoms with Crippen LogP contribution in [-0.2, 0) is 38.2 Å². The first kappa shape index (κ1) is 30.2. The van der Waals surface area contributed by atoms with Crippen LogP contribution in [0.1, 0.15) is 33.6 Å². The highest BCUT2D eigenvalue weighted by Crippen LogP contribution is 2.25. The van der Waals surface area contributed by atoms with Gasteiger partial charge in [-0.25, -0.2) is 4.79 Å². The molecule has 15 nitrogen and oxygen atoms in total. The molecule has 8 atom stereocenters. The van der Waals surface area contributed by atoms with Crippen molar-refractivity contribution >= 4 is 29.7 Å². The summed E-state index contributed by atoms with van der Waals surface area (Å²) in [5.41, 5.74) is 0. The number of carbonyl (C=O) groups is 5. The van der Waals surface area contributed by atoms with E-state index in [0.717, 1.165) is 0 Å². The maximum Gasteiger partial charge on any atom is 0.326 e. The number of nitrogens with one attached hydrogen (secondary N) is 3. The molecule has 1 saturated heterocycles. The van der Waals surface area contributed by atoms with Gasteiger partial charge in [0.1, 0.15) is 42.5 Å². The number of aliphatic carboxylic acids is 2. The molecule has 3 amide bonds. The van der Waals surface area contributed by atoms with Crippen LogP contribution < -0.4 is 16.0 Å². The van der Waals surface area contributed by atoms with Crippen molar-refractivity contribution in [2.75, 3.05) is 13.7 Å². The van der Waals surface area contributed by atoms with Crippen LogP contribution in [0.5, 0.6) is 0 Å². The van der Waals surface area contributed by atoms with Crippen LogP contribution >= 0.6 is 0 Å². The van der Waals surface area contributed by atoms with Crippen molar-refractivity contribution in [1.29, 1.82) is 0 Å². The summed E-state index contributed by atoms with van der Waals surface area (Å²) in [6.07, 6.45) is -7.05. The van der Waals surface area contributed by atoms with Gasteiger partial charge in [0.2, 0.25) is 17.7 Å². The molecule has 1 heterocycles. The molecule has 1 rings (SSSR count). The molecule has 0 aromatic heterocycles. The minimum atomic E-state index is -1.47. The van der Waals surface area contributed by atoms with Gasteiger partial charge in [-0.1, -0.05) is 0 Å². The van der Waals surface area contributed by atoms with E-state index in [1.54, 1.807) is 0 Å². The summed E-state index contributed by atoms with van der Waals surface area (Å²) in [4.78, 5) is 58.5. The Hall–Kier alpha value is -2.85. The van der Waals surface area contributed by atoms with E-state index in [1.807, 2.05) is 0 Å². The average molecular weight is 507 g/mol. The Morgan fingerprint density at radius 3 is 2.17 bits per heavy atom. The summed E-state index contributed by atoms with van der Waals surface area (Å²) in [5, 5.41) is 44.9. The largest absolute Gasteiger partial charge is 0.481 e. The molecule has 0 unspecified atom stereocenters. The van der Waals surface area contributed by atoms with E-state index in [-0.39, 0.29) is 6.42 Å². The summed E-state index contributed by atoms with van der Waals surface area (Å²) < 4.78 is 16.3. The van der Waals surface area contributed by atoms with E-state index in [0.29, 0.717) is 0 Å². The molecule has 0 bridgehead atoms. The van der Waals surface area contributed by atoms with Gasteiger partial charge in [-0.2, -0.15) is 0 Å². The van der Waals surface area contributed by atoms with Crippen LogP contribution in [0.3, 0.4) is 0 Å². The lowest BCUT2D eigenvalue weighted by atomic mass is 9.96. The molecule has 1 aliphatic rings. The molecule has 1 fully saturated rings. The van der Waals surface area contributed by atoms with Crippen molar-refractivity contribution < 1.29 is 58.6 Å². The number of hydrogen-bond acceptors (Lipinski definition) is 10. The lowest BCUT2D eigenvalue weighted by molar-refractivity contribution is -0.273. The molecular weight excluding hydrogens is 474 g/mol. The van der Waals surface area contributed by atoms with Gasteiger partial charge < -0.3 is 50.6 Å². The number of ether oxygens (including phenoxy) is 3. The van der Waals surface area contributed by atoms with E-state index < -0.39 is 91.5 Å². The normalized spacial score (nSPS) is 26.6. The predicted octanol–water partition coefficient (Wildman–Crippen LogP) is -3.07. The summed E-state index contributed by atoms with van der Waals surface area (Å²) in [5.74, 6) is -4.84. The van der Waals surface area contributed by atoms with Gasteiger partial charge >= 0.3 is 11.9 Å². The zero-order valence-corrected chi connectivity index (χ0v) is 19.8. The SMILES string of the molecule is CO[C@@H]1O[C@H](CO)[C@@H](O)[C@H](O[C@H](C)C(=O)N[C@@H](C)C(=O)N[C@H](CCC(=O)O)C(=O)O)[C@H]1NC(C)=O. The molecule has 0 aliphatic carbocycles. The van der Waals surface area contributed by atoms with Crippen molar-refractivity contribution in [3.05, 3.63) is 0 Å². The second kappa shape index (κ2) is 13.9. The van der Waals surface area contributed by atoms with Crippen LogP contribution in [0.15, 0.2) is 0 Å². The molecule has 0 aromatic carbocycles. The number of rotatable bonds is 13. The Morgan fingerprint density at radius 1 is 1.06 bits per heavy atom. The van der Waals surface area contributed by atoms with E-state index in [4.69, 9.17) is 24.4 Å². The van der Waals surface area contributed by atoms with Crippen LogP contribution in [0.25, 0.3) is 0 Å². The Labute approximate surface area is 201 Å². The fourth-order valence-electron chi connectivity index (χ4n) is 3.34. The molecule has 35 heavy (non-hydrogen) atoms. The minimum Gasteiger partial charge on any atom is -0.481 e. The molecule has 0 radical (unpaired) electrons. The zero-order valence-electron chi connectivity index (χ0n) is 19.8. The smallest absolute Gasteiger partial charge is 0.326 e. The first-order valence-corrected chi connectivity index (χ1v) is 10.8. The van der Waals surface area contributed by atoms with Gasteiger partial charge in [-0.3, -0.25) is 19.2 Å². The lowest BCUT2D eigenvalue weighted by Crippen LogP contribution is -2.66. The minimum absolute atomic E-state index is 0.352. The second-order valence-electron chi connectivity index (χ2n) is 7.98. The van der Waals surface area contributed by atoms with Crippen LogP contribution in [-0.4, -0.2) is 113 Å². The fourth-order valence-corrected chi connectivity index (χ4v) is 3.34. The molecule has 0 spiro atoms. The maximum absolute atomic E-state index is 12.6. The number of aliphatic hydroxyl groups excluding tert-OH is 2. The van der Waals surface area contributed by atoms with Gasteiger partial charge in [0.15, 0.2) is 6.29 Å². The fraction of sp³-hybridized carbons (Fsp3) is 0.750. The second-order valence-corrected chi connectivity index (χ2v) is 7.98. The average Bonchev–Trinajstić information content (AvgIpc) is 2.77. The Kier molecular flexibility index (Phi) is 12.0. The van der Waals surface area contributed by atoms with E-state index >= 15 is 0 Å². The first-order chi connectivity index (χ1) is 16.3. The summed E-state index contributed by atoms with van der Waals surface area (Å²) in [7, 11) is 1.28. The number of hydrogen-bond donors (Lipinski definition) is 7. The molecule has 15 heteroatoms. The maximum atomic E-state index is 12.6. The summed E-state index contributed by atoms with van der Waals surface area (Å²) in [6.45, 7) is 3.21. The van der Waals surface area contributed by atoms with E-state index in [1.165, 1.54) is 27.9 Å². The molecule has 1 aliphatic heterocycles. The molecule has 200 valence electrons. The van der Waals surface area contributed by atoms with E-state index in [2.05, 4.69) is 16.0 Å². The van der Waals surface area contributed by atoms with Gasteiger partial charge in [-0.15, -0.1) is 0 Å². The van der Waals surface area contributed by atoms with Gasteiger partial charge in [0, 0.05) is 20.5 Å². The van der Waals surface area contributed by atoms with Crippen LogP contribution in [0.4, 0.5) is 0 Å². The third-order valence-electron chi connectivity index (χ3n) is 5.20. The summed E-state index contributed by atoms with van der Waals surface area (Å²) in [6, 6.07) is -3.73. The number of carboxylic acids is 2. The number of aliphatic hydroxyl groups is 2. The first-order valence-electron chi connectivity index (χ1n) is 10.8. The van der Waals surface area contributed by atoms with E-state index in [9.17, 15) is 34.2 Å². The summed E-state index contributed by atoms with van der Waals surface area (Å²) >= 11 is 0. The molecular formula is C20H33N3O12. The lowest BCUT2D eigenvalue weighted by Gasteiger charge is -2.44. The Balaban J connectivity index is 2.85. The van der Waals surface area contributed by atoms with Crippen molar-refractivity contribution in [2.24, 2.45) is 0 Å². The number of carboxylic acid groups (broad SMARTS) is 2. The third-order valence-corrected chi connectivity index (χ3v) is 5.20. The van der Waals surface area contributed by atoms with Crippen molar-refractivity contribution in [1.82, 2.24) is 16.0 Å². The Bertz CT molecular complexity index is 778. The van der Waals surface area contributed by atoms with Crippen molar-refractivity contribution in [3.63, 3.8) is 0 Å². The van der Waals surface area contributed by atoms with Crippen LogP contribution in [0.2, 0.25) is 0 Å². The van der Waals surface area contributed by atoms with Gasteiger partial charge in [0.05, 0.1) is 6.61 Å². The van der Waals surface area contributed by atoms with Crippen molar-refractivity contribution in [2.45, 2.75) is 82.4 Å². The molecule has 0 saturated carbocycles. The highest BCUT2D eigenvalue weighted by atomic mass is 16.7. The Morgan fingerprint density at radius 2 is 1.69 bits per heavy atom.